The lowest BCUT2D eigenvalue weighted by atomic mass is 10.2. The number of benzene rings is 1. The van der Waals surface area contributed by atoms with Gasteiger partial charge in [-0.2, -0.15) is 0 Å². The lowest BCUT2D eigenvalue weighted by Crippen LogP contribution is -2.19. The molecule has 1 heterocycles. The summed E-state index contributed by atoms with van der Waals surface area (Å²) >= 11 is 5.82. The van der Waals surface area contributed by atoms with Crippen LogP contribution in [-0.4, -0.2) is 19.9 Å². The molecular weight excluding hydrogens is 336 g/mol. The zero-order chi connectivity index (χ0) is 17.1. The number of nitrogens with one attached hydrogen (secondary N) is 1. The molecule has 1 amide bonds. The highest BCUT2D eigenvalue weighted by Crippen LogP contribution is 2.15. The molecule has 0 saturated carbocycles. The Hall–Kier alpha value is -1.92. The van der Waals surface area contributed by atoms with Crippen molar-refractivity contribution in [2.24, 2.45) is 7.05 Å². The van der Waals surface area contributed by atoms with E-state index in [4.69, 9.17) is 11.6 Å². The number of halogens is 1. The third-order valence-electron chi connectivity index (χ3n) is 3.17. The van der Waals surface area contributed by atoms with Crippen LogP contribution in [0.5, 0.6) is 0 Å². The molecule has 7 heteroatoms. The quantitative estimate of drug-likeness (QED) is 0.920. The summed E-state index contributed by atoms with van der Waals surface area (Å²) in [6.07, 6.45) is 1.49. The van der Waals surface area contributed by atoms with Crippen molar-refractivity contribution >= 4 is 34.0 Å². The Labute approximate surface area is 141 Å². The van der Waals surface area contributed by atoms with Gasteiger partial charge in [0.2, 0.25) is 0 Å². The SMILES string of the molecule is CC(C)[S@@](=O)c1ccc(C(=O)Nc2cc(Cl)c(=O)n(C)c2)cc1. The zero-order valence-electron chi connectivity index (χ0n) is 13.0. The molecule has 122 valence electrons. The highest BCUT2D eigenvalue weighted by atomic mass is 35.5. The molecule has 1 N–H and O–H groups in total. The van der Waals surface area contributed by atoms with Crippen LogP contribution in [0.15, 0.2) is 46.2 Å². The second-order valence-electron chi connectivity index (χ2n) is 5.32. The molecule has 1 atom stereocenters. The molecule has 0 unspecified atom stereocenters. The fraction of sp³-hybridized carbons (Fsp3) is 0.250. The van der Waals surface area contributed by atoms with E-state index in [0.717, 1.165) is 0 Å². The van der Waals surface area contributed by atoms with Crippen LogP contribution < -0.4 is 10.9 Å². The van der Waals surface area contributed by atoms with Crippen molar-refractivity contribution < 1.29 is 9.00 Å². The number of hydrogen-bond donors (Lipinski definition) is 1. The van der Waals surface area contributed by atoms with Crippen LogP contribution in [0.2, 0.25) is 5.02 Å². The van der Waals surface area contributed by atoms with Gasteiger partial charge in [0.05, 0.1) is 16.5 Å². The van der Waals surface area contributed by atoms with Gasteiger partial charge < -0.3 is 9.88 Å². The summed E-state index contributed by atoms with van der Waals surface area (Å²) in [6, 6.07) is 8.00. The summed E-state index contributed by atoms with van der Waals surface area (Å²) in [6.45, 7) is 3.75. The first kappa shape index (κ1) is 17.4. The Morgan fingerprint density at radius 3 is 2.39 bits per heavy atom. The summed E-state index contributed by atoms with van der Waals surface area (Å²) in [4.78, 5) is 24.4. The summed E-state index contributed by atoms with van der Waals surface area (Å²) in [5.74, 6) is -0.332. The normalized spacial score (nSPS) is 12.2. The number of aryl methyl sites for hydroxylation is 1. The van der Waals surface area contributed by atoms with Crippen LogP contribution in [0.3, 0.4) is 0 Å². The van der Waals surface area contributed by atoms with Gasteiger partial charge in [-0.25, -0.2) is 0 Å². The van der Waals surface area contributed by atoms with Gasteiger partial charge >= 0.3 is 0 Å². The van der Waals surface area contributed by atoms with E-state index in [-0.39, 0.29) is 21.7 Å². The maximum absolute atomic E-state index is 12.2. The topological polar surface area (TPSA) is 68.2 Å². The molecule has 2 rings (SSSR count). The number of nitrogens with zero attached hydrogens (tertiary/aromatic N) is 1. The van der Waals surface area contributed by atoms with E-state index in [0.29, 0.717) is 16.1 Å². The third-order valence-corrected chi connectivity index (χ3v) is 5.04. The Kier molecular flexibility index (Phi) is 5.38. The lowest BCUT2D eigenvalue weighted by Gasteiger charge is -2.09. The van der Waals surface area contributed by atoms with Crippen molar-refractivity contribution in [3.63, 3.8) is 0 Å². The van der Waals surface area contributed by atoms with Gasteiger partial charge in [0.1, 0.15) is 5.02 Å². The lowest BCUT2D eigenvalue weighted by molar-refractivity contribution is 0.102. The minimum Gasteiger partial charge on any atom is -0.321 e. The molecule has 5 nitrogen and oxygen atoms in total. The first-order valence-electron chi connectivity index (χ1n) is 6.97. The Morgan fingerprint density at radius 1 is 1.26 bits per heavy atom. The number of rotatable bonds is 4. The molecule has 23 heavy (non-hydrogen) atoms. The van der Waals surface area contributed by atoms with Crippen LogP contribution in [0.1, 0.15) is 24.2 Å². The van der Waals surface area contributed by atoms with Gasteiger partial charge in [0.25, 0.3) is 11.5 Å². The molecule has 0 bridgehead atoms. The van der Waals surface area contributed by atoms with Crippen LogP contribution in [0.25, 0.3) is 0 Å². The van der Waals surface area contributed by atoms with Crippen LogP contribution in [0.4, 0.5) is 5.69 Å². The fourth-order valence-electron chi connectivity index (χ4n) is 1.96. The van der Waals surface area contributed by atoms with Crippen LogP contribution in [0, 0.1) is 0 Å². The predicted molar refractivity (Wildman–Crippen MR) is 92.6 cm³/mol. The Bertz CT molecular complexity index is 787. The molecular formula is C16H17ClN2O3S. The first-order valence-corrected chi connectivity index (χ1v) is 8.57. The Morgan fingerprint density at radius 2 is 1.87 bits per heavy atom. The monoisotopic (exact) mass is 352 g/mol. The van der Waals surface area contributed by atoms with Crippen molar-refractivity contribution in [3.05, 3.63) is 57.5 Å². The molecule has 0 saturated heterocycles. The van der Waals surface area contributed by atoms with E-state index >= 15 is 0 Å². The van der Waals surface area contributed by atoms with Gasteiger partial charge in [-0.05, 0) is 30.3 Å². The average Bonchev–Trinajstić information content (AvgIpc) is 2.51. The van der Waals surface area contributed by atoms with Gasteiger partial charge in [0.15, 0.2) is 0 Å². The number of aromatic nitrogens is 1. The number of carbonyl (C=O) groups is 1. The van der Waals surface area contributed by atoms with E-state index in [1.807, 2.05) is 13.8 Å². The standard InChI is InChI=1S/C16H17ClN2O3S/c1-10(2)23(22)13-6-4-11(5-7-13)15(20)18-12-8-14(17)16(21)19(3)9-12/h4-10H,1-3H3,(H,18,20)/t23-/m1/s1. The van der Waals surface area contributed by atoms with E-state index in [1.54, 1.807) is 31.3 Å². The van der Waals surface area contributed by atoms with Crippen molar-refractivity contribution in [3.8, 4) is 0 Å². The number of carbonyl (C=O) groups excluding carboxylic acids is 1. The summed E-state index contributed by atoms with van der Waals surface area (Å²) in [5.41, 5.74) is 0.529. The fourth-order valence-corrected chi connectivity index (χ4v) is 3.15. The molecule has 0 spiro atoms. The van der Waals surface area contributed by atoms with Crippen molar-refractivity contribution in [2.75, 3.05) is 5.32 Å². The van der Waals surface area contributed by atoms with Gasteiger partial charge in [-0.15, -0.1) is 0 Å². The first-order chi connectivity index (χ1) is 10.8. The van der Waals surface area contributed by atoms with E-state index < -0.39 is 10.8 Å². The number of pyridine rings is 1. The number of anilines is 1. The van der Waals surface area contributed by atoms with Crippen LogP contribution >= 0.6 is 11.6 Å². The van der Waals surface area contributed by atoms with Crippen molar-refractivity contribution in [2.45, 2.75) is 24.0 Å². The van der Waals surface area contributed by atoms with E-state index in [9.17, 15) is 13.8 Å². The Balaban J connectivity index is 2.18. The molecule has 1 aromatic carbocycles. The second kappa shape index (κ2) is 7.10. The number of amides is 1. The van der Waals surface area contributed by atoms with Gasteiger partial charge in [-0.1, -0.05) is 25.4 Å². The van der Waals surface area contributed by atoms with Crippen molar-refractivity contribution in [1.82, 2.24) is 4.57 Å². The van der Waals surface area contributed by atoms with Crippen LogP contribution in [-0.2, 0) is 17.8 Å². The number of hydrogen-bond acceptors (Lipinski definition) is 3. The zero-order valence-corrected chi connectivity index (χ0v) is 14.6. The molecule has 0 fully saturated rings. The summed E-state index contributed by atoms with van der Waals surface area (Å²) in [5, 5.41) is 2.73. The van der Waals surface area contributed by atoms with E-state index in [2.05, 4.69) is 5.32 Å². The summed E-state index contributed by atoms with van der Waals surface area (Å²) in [7, 11) is 0.465. The van der Waals surface area contributed by atoms with Gasteiger partial charge in [-0.3, -0.25) is 13.8 Å². The highest BCUT2D eigenvalue weighted by molar-refractivity contribution is 7.85. The smallest absolute Gasteiger partial charge is 0.269 e. The second-order valence-corrected chi connectivity index (χ2v) is 7.73. The van der Waals surface area contributed by atoms with Crippen molar-refractivity contribution in [1.29, 1.82) is 0 Å². The maximum atomic E-state index is 12.2. The molecule has 0 aliphatic heterocycles. The minimum atomic E-state index is -1.09. The molecule has 0 aliphatic carbocycles. The maximum Gasteiger partial charge on any atom is 0.269 e. The summed E-state index contributed by atoms with van der Waals surface area (Å²) < 4.78 is 13.3. The molecule has 1 aromatic heterocycles. The van der Waals surface area contributed by atoms with E-state index in [1.165, 1.54) is 16.8 Å². The van der Waals surface area contributed by atoms with Gasteiger partial charge in [0, 0.05) is 29.0 Å². The molecule has 0 aliphatic rings. The minimum absolute atomic E-state index is 0.0161. The average molecular weight is 353 g/mol. The highest BCUT2D eigenvalue weighted by Gasteiger charge is 2.11. The molecule has 2 aromatic rings. The predicted octanol–water partition coefficient (Wildman–Crippen LogP) is 2.81. The molecule has 0 radical (unpaired) electrons. The largest absolute Gasteiger partial charge is 0.321 e. The third kappa shape index (κ3) is 4.09.